The second-order valence-corrected chi connectivity index (χ2v) is 8.08. The van der Waals surface area contributed by atoms with E-state index in [1.165, 1.54) is 0 Å². The third-order valence-corrected chi connectivity index (χ3v) is 5.57. The van der Waals surface area contributed by atoms with Crippen molar-refractivity contribution in [3.8, 4) is 17.2 Å². The Morgan fingerprint density at radius 2 is 1.82 bits per heavy atom. The van der Waals surface area contributed by atoms with E-state index in [1.807, 2.05) is 60.7 Å². The Morgan fingerprint density at radius 3 is 2.56 bits per heavy atom. The molecule has 176 valence electrons. The molecular weight excluding hydrogens is 432 g/mol. The normalized spacial score (nSPS) is 15.1. The maximum Gasteiger partial charge on any atom is 0.263 e. The summed E-state index contributed by atoms with van der Waals surface area (Å²) in [6, 6.07) is 22.3. The van der Waals surface area contributed by atoms with Crippen LogP contribution in [0.4, 0.5) is 5.69 Å². The number of nitrogens with zero attached hydrogens (tertiary/aromatic N) is 1. The second-order valence-electron chi connectivity index (χ2n) is 8.08. The van der Waals surface area contributed by atoms with Crippen LogP contribution in [-0.2, 0) is 22.6 Å². The highest BCUT2D eigenvalue weighted by molar-refractivity contribution is 5.92. The third kappa shape index (κ3) is 5.86. The van der Waals surface area contributed by atoms with Crippen molar-refractivity contribution in [3.05, 3.63) is 83.9 Å². The average Bonchev–Trinajstić information content (AvgIpc) is 2.96. The molecule has 1 aliphatic heterocycles. The number of rotatable bonds is 8. The Morgan fingerprint density at radius 1 is 1.06 bits per heavy atom. The highest BCUT2D eigenvalue weighted by Crippen LogP contribution is 2.29. The van der Waals surface area contributed by atoms with E-state index in [1.54, 1.807) is 31.1 Å². The number of benzene rings is 3. The van der Waals surface area contributed by atoms with E-state index in [0.29, 0.717) is 31.1 Å². The number of hydrogen-bond donors (Lipinski definition) is 1. The summed E-state index contributed by atoms with van der Waals surface area (Å²) < 4.78 is 16.8. The molecule has 1 N–H and O–H groups in total. The Bertz CT molecular complexity index is 1130. The Hall–Kier alpha value is -4.00. The Kier molecular flexibility index (Phi) is 7.32. The average molecular weight is 461 g/mol. The van der Waals surface area contributed by atoms with Gasteiger partial charge < -0.3 is 24.4 Å². The van der Waals surface area contributed by atoms with Crippen molar-refractivity contribution in [2.24, 2.45) is 0 Å². The van der Waals surface area contributed by atoms with Crippen LogP contribution in [0.2, 0.25) is 0 Å². The maximum absolute atomic E-state index is 12.8. The van der Waals surface area contributed by atoms with Crippen LogP contribution in [0.3, 0.4) is 0 Å². The van der Waals surface area contributed by atoms with Crippen LogP contribution >= 0.6 is 0 Å². The molecule has 4 rings (SSSR count). The lowest BCUT2D eigenvalue weighted by Crippen LogP contribution is -2.40. The van der Waals surface area contributed by atoms with Crippen molar-refractivity contribution in [1.82, 2.24) is 4.90 Å². The van der Waals surface area contributed by atoms with Gasteiger partial charge in [-0.05, 0) is 55.0 Å². The van der Waals surface area contributed by atoms with Crippen molar-refractivity contribution in [2.75, 3.05) is 25.6 Å². The van der Waals surface area contributed by atoms with Gasteiger partial charge in [-0.1, -0.05) is 30.3 Å². The standard InChI is InChI=1S/C27H28N2O5/c1-19-27(31)29(14-15-33-24-6-4-3-5-7-24)18-21-17-22(10-13-25(21)34-19)28-26(30)16-20-8-11-23(32-2)12-9-20/h3-13,17,19H,14-16,18H2,1-2H3,(H,28,30)/t19-/m1/s1. The van der Waals surface area contributed by atoms with E-state index in [9.17, 15) is 9.59 Å². The fourth-order valence-electron chi connectivity index (χ4n) is 3.79. The molecule has 3 aromatic carbocycles. The molecule has 1 atom stereocenters. The number of amides is 2. The number of carbonyl (C=O) groups excluding carboxylic acids is 2. The fourth-order valence-corrected chi connectivity index (χ4v) is 3.79. The summed E-state index contributed by atoms with van der Waals surface area (Å²) in [6.07, 6.45) is -0.357. The van der Waals surface area contributed by atoms with Gasteiger partial charge >= 0.3 is 0 Å². The highest BCUT2D eigenvalue weighted by atomic mass is 16.5. The van der Waals surface area contributed by atoms with E-state index in [2.05, 4.69) is 5.32 Å². The lowest BCUT2D eigenvalue weighted by atomic mass is 10.1. The smallest absolute Gasteiger partial charge is 0.263 e. The van der Waals surface area contributed by atoms with Crippen molar-refractivity contribution >= 4 is 17.5 Å². The zero-order valence-corrected chi connectivity index (χ0v) is 19.3. The molecule has 34 heavy (non-hydrogen) atoms. The summed E-state index contributed by atoms with van der Waals surface area (Å²) in [6.45, 7) is 2.91. The summed E-state index contributed by atoms with van der Waals surface area (Å²) in [4.78, 5) is 27.1. The monoisotopic (exact) mass is 460 g/mol. The van der Waals surface area contributed by atoms with Gasteiger partial charge in [-0.2, -0.15) is 0 Å². The summed E-state index contributed by atoms with van der Waals surface area (Å²) in [5.41, 5.74) is 2.38. The Balaban J connectivity index is 1.40. The van der Waals surface area contributed by atoms with Gasteiger partial charge in [0.15, 0.2) is 6.10 Å². The minimum atomic E-state index is -0.603. The molecule has 7 nitrogen and oxygen atoms in total. The third-order valence-electron chi connectivity index (χ3n) is 5.57. The van der Waals surface area contributed by atoms with E-state index in [-0.39, 0.29) is 18.2 Å². The quantitative estimate of drug-likeness (QED) is 0.549. The summed E-state index contributed by atoms with van der Waals surface area (Å²) in [5, 5.41) is 2.94. The van der Waals surface area contributed by atoms with Crippen molar-refractivity contribution < 1.29 is 23.8 Å². The van der Waals surface area contributed by atoms with Crippen LogP contribution < -0.4 is 19.5 Å². The summed E-state index contributed by atoms with van der Waals surface area (Å²) in [7, 11) is 1.61. The molecule has 1 heterocycles. The van der Waals surface area contributed by atoms with Gasteiger partial charge in [-0.25, -0.2) is 0 Å². The Labute approximate surface area is 199 Å². The molecule has 7 heteroatoms. The number of methoxy groups -OCH3 is 1. The van der Waals surface area contributed by atoms with Gasteiger partial charge in [-0.15, -0.1) is 0 Å². The number of para-hydroxylation sites is 1. The van der Waals surface area contributed by atoms with Crippen LogP contribution in [0.25, 0.3) is 0 Å². The van der Waals surface area contributed by atoms with Crippen LogP contribution in [0.5, 0.6) is 17.2 Å². The number of nitrogens with one attached hydrogen (secondary N) is 1. The second kappa shape index (κ2) is 10.7. The van der Waals surface area contributed by atoms with Gasteiger partial charge in [0.05, 0.1) is 20.1 Å². The zero-order valence-electron chi connectivity index (χ0n) is 19.3. The van der Waals surface area contributed by atoms with Crippen molar-refractivity contribution in [2.45, 2.75) is 26.0 Å². The molecule has 0 saturated heterocycles. The molecule has 1 aliphatic rings. The van der Waals surface area contributed by atoms with Crippen LogP contribution in [-0.4, -0.2) is 43.1 Å². The number of ether oxygens (including phenoxy) is 3. The number of carbonyl (C=O) groups is 2. The van der Waals surface area contributed by atoms with E-state index >= 15 is 0 Å². The predicted octanol–water partition coefficient (Wildman–Crippen LogP) is 4.06. The molecular formula is C27H28N2O5. The molecule has 2 amide bonds. The lowest BCUT2D eigenvalue weighted by molar-refractivity contribution is -0.138. The predicted molar refractivity (Wildman–Crippen MR) is 129 cm³/mol. The molecule has 0 aliphatic carbocycles. The van der Waals surface area contributed by atoms with Gasteiger partial charge in [0.25, 0.3) is 5.91 Å². The minimum Gasteiger partial charge on any atom is -0.497 e. The highest BCUT2D eigenvalue weighted by Gasteiger charge is 2.28. The molecule has 0 aromatic heterocycles. The van der Waals surface area contributed by atoms with Gasteiger partial charge in [0.1, 0.15) is 23.9 Å². The molecule has 0 radical (unpaired) electrons. The summed E-state index contributed by atoms with van der Waals surface area (Å²) in [5.74, 6) is 1.92. The van der Waals surface area contributed by atoms with E-state index in [4.69, 9.17) is 14.2 Å². The largest absolute Gasteiger partial charge is 0.497 e. The topological polar surface area (TPSA) is 77.1 Å². The molecule has 0 bridgehead atoms. The van der Waals surface area contributed by atoms with E-state index < -0.39 is 6.10 Å². The molecule has 0 saturated carbocycles. The first kappa shape index (κ1) is 23.2. The first-order chi connectivity index (χ1) is 16.5. The zero-order chi connectivity index (χ0) is 23.9. The van der Waals surface area contributed by atoms with Gasteiger partial charge in [0, 0.05) is 17.8 Å². The molecule has 0 fully saturated rings. The molecule has 3 aromatic rings. The molecule has 0 spiro atoms. The number of hydrogen-bond acceptors (Lipinski definition) is 5. The minimum absolute atomic E-state index is 0.0991. The lowest BCUT2D eigenvalue weighted by Gasteiger charge is -2.22. The van der Waals surface area contributed by atoms with Crippen LogP contribution in [0, 0.1) is 0 Å². The number of anilines is 1. The first-order valence-corrected chi connectivity index (χ1v) is 11.2. The first-order valence-electron chi connectivity index (χ1n) is 11.2. The fraction of sp³-hybridized carbons (Fsp3) is 0.259. The molecule has 0 unspecified atom stereocenters. The number of fused-ring (bicyclic) bond motifs is 1. The van der Waals surface area contributed by atoms with Gasteiger partial charge in [-0.3, -0.25) is 9.59 Å². The summed E-state index contributed by atoms with van der Waals surface area (Å²) >= 11 is 0. The van der Waals surface area contributed by atoms with Gasteiger partial charge in [0.2, 0.25) is 5.91 Å². The van der Waals surface area contributed by atoms with Crippen LogP contribution in [0.1, 0.15) is 18.1 Å². The van der Waals surface area contributed by atoms with Crippen molar-refractivity contribution in [3.63, 3.8) is 0 Å². The van der Waals surface area contributed by atoms with Crippen molar-refractivity contribution in [1.29, 1.82) is 0 Å². The van der Waals surface area contributed by atoms with E-state index in [0.717, 1.165) is 22.6 Å². The maximum atomic E-state index is 12.8. The SMILES string of the molecule is COc1ccc(CC(=O)Nc2ccc3c(c2)CN(CCOc2ccccc2)C(=O)[C@@H](C)O3)cc1. The van der Waals surface area contributed by atoms with Crippen LogP contribution in [0.15, 0.2) is 72.8 Å².